The second kappa shape index (κ2) is 5.68. The minimum Gasteiger partial charge on any atom is -0.321 e. The molecule has 0 amide bonds. The van der Waals surface area contributed by atoms with Gasteiger partial charge in [-0.15, -0.1) is 11.3 Å². The molecule has 1 aliphatic rings. The van der Waals surface area contributed by atoms with Crippen LogP contribution in [0, 0.1) is 0 Å². The summed E-state index contributed by atoms with van der Waals surface area (Å²) >= 11 is 1.84. The largest absolute Gasteiger partial charge is 0.321 e. The lowest BCUT2D eigenvalue weighted by molar-refractivity contribution is 0.202. The summed E-state index contributed by atoms with van der Waals surface area (Å²) in [5, 5.41) is 2.15. The molecule has 1 unspecified atom stereocenters. The molecule has 1 aliphatic carbocycles. The van der Waals surface area contributed by atoms with E-state index in [0.717, 1.165) is 19.1 Å². The van der Waals surface area contributed by atoms with Crippen molar-refractivity contribution in [3.63, 3.8) is 0 Å². The molecule has 1 fully saturated rings. The smallest absolute Gasteiger partial charge is 0.0510 e. The number of nitrogens with two attached hydrogens (primary N) is 1. The fraction of sp³-hybridized carbons (Fsp3) is 0.412. The van der Waals surface area contributed by atoms with Gasteiger partial charge in [-0.3, -0.25) is 4.90 Å². The quantitative estimate of drug-likeness (QED) is 0.879. The summed E-state index contributed by atoms with van der Waals surface area (Å²) in [6.45, 7) is 4.09. The Morgan fingerprint density at radius 2 is 1.95 bits per heavy atom. The third-order valence-corrected chi connectivity index (χ3v) is 4.83. The Hall–Kier alpha value is -1.16. The van der Waals surface area contributed by atoms with Crippen molar-refractivity contribution in [3.05, 3.63) is 58.3 Å². The van der Waals surface area contributed by atoms with Gasteiger partial charge in [0.25, 0.3) is 0 Å². The highest BCUT2D eigenvalue weighted by Crippen LogP contribution is 2.32. The second-order valence-corrected chi connectivity index (χ2v) is 7.03. The number of benzene rings is 1. The molecule has 0 spiro atoms. The van der Waals surface area contributed by atoms with Crippen molar-refractivity contribution in [2.45, 2.75) is 37.9 Å². The topological polar surface area (TPSA) is 29.3 Å². The third-order valence-electron chi connectivity index (χ3n) is 3.97. The van der Waals surface area contributed by atoms with Crippen molar-refractivity contribution in [2.24, 2.45) is 5.73 Å². The van der Waals surface area contributed by atoms with E-state index in [0.29, 0.717) is 0 Å². The van der Waals surface area contributed by atoms with Crippen LogP contribution in [0.5, 0.6) is 0 Å². The summed E-state index contributed by atoms with van der Waals surface area (Å²) in [6, 6.07) is 15.5. The lowest BCUT2D eigenvalue weighted by Gasteiger charge is -2.33. The zero-order chi connectivity index (χ0) is 14.0. The number of hydrogen-bond donors (Lipinski definition) is 1. The maximum absolute atomic E-state index is 6.60. The van der Waals surface area contributed by atoms with Gasteiger partial charge < -0.3 is 5.73 Å². The zero-order valence-corrected chi connectivity index (χ0v) is 12.8. The van der Waals surface area contributed by atoms with E-state index in [4.69, 9.17) is 5.73 Å². The van der Waals surface area contributed by atoms with Gasteiger partial charge in [0.1, 0.15) is 0 Å². The Morgan fingerprint density at radius 3 is 2.55 bits per heavy atom. The van der Waals surface area contributed by atoms with Crippen LogP contribution in [0.3, 0.4) is 0 Å². The molecule has 1 atom stereocenters. The minimum absolute atomic E-state index is 0.291. The average Bonchev–Trinajstić information content (AvgIpc) is 3.18. The van der Waals surface area contributed by atoms with Crippen LogP contribution >= 0.6 is 11.3 Å². The molecule has 0 aliphatic heterocycles. The minimum atomic E-state index is -0.291. The number of nitrogens with zero attached hydrogens (tertiary/aromatic N) is 1. The summed E-state index contributed by atoms with van der Waals surface area (Å²) in [4.78, 5) is 3.99. The first-order valence-electron chi connectivity index (χ1n) is 7.26. The van der Waals surface area contributed by atoms with E-state index >= 15 is 0 Å². The SMILES string of the molecule is CC(N)(CN(Cc1cccs1)C1CC1)c1ccccc1. The molecule has 0 radical (unpaired) electrons. The molecule has 2 nitrogen and oxygen atoms in total. The van der Waals surface area contributed by atoms with Crippen molar-refractivity contribution < 1.29 is 0 Å². The molecule has 2 N–H and O–H groups in total. The molecule has 0 saturated heterocycles. The molecule has 1 aromatic heterocycles. The molecule has 1 saturated carbocycles. The molecule has 2 aromatic rings. The fourth-order valence-electron chi connectivity index (χ4n) is 2.69. The molecule has 1 heterocycles. The fourth-order valence-corrected chi connectivity index (χ4v) is 3.42. The van der Waals surface area contributed by atoms with E-state index in [1.165, 1.54) is 23.3 Å². The van der Waals surface area contributed by atoms with E-state index in [1.807, 2.05) is 17.4 Å². The van der Waals surface area contributed by atoms with Crippen molar-refractivity contribution in [3.8, 4) is 0 Å². The first kappa shape index (κ1) is 13.8. The van der Waals surface area contributed by atoms with Crippen molar-refractivity contribution >= 4 is 11.3 Å². The van der Waals surface area contributed by atoms with Gasteiger partial charge in [-0.1, -0.05) is 36.4 Å². The highest BCUT2D eigenvalue weighted by atomic mass is 32.1. The Morgan fingerprint density at radius 1 is 1.20 bits per heavy atom. The van der Waals surface area contributed by atoms with Gasteiger partial charge in [-0.25, -0.2) is 0 Å². The van der Waals surface area contributed by atoms with Crippen LogP contribution in [0.15, 0.2) is 47.8 Å². The average molecular weight is 286 g/mol. The molecule has 3 rings (SSSR count). The Labute approximate surface area is 125 Å². The van der Waals surface area contributed by atoms with Crippen LogP contribution in [-0.2, 0) is 12.1 Å². The van der Waals surface area contributed by atoms with Crippen molar-refractivity contribution in [1.29, 1.82) is 0 Å². The molecule has 0 bridgehead atoms. The van der Waals surface area contributed by atoms with Gasteiger partial charge in [0.15, 0.2) is 0 Å². The van der Waals surface area contributed by atoms with Gasteiger partial charge >= 0.3 is 0 Å². The predicted molar refractivity (Wildman–Crippen MR) is 85.7 cm³/mol. The van der Waals surface area contributed by atoms with Gasteiger partial charge in [0.2, 0.25) is 0 Å². The molecular formula is C17H22N2S. The first-order valence-corrected chi connectivity index (χ1v) is 8.14. The van der Waals surface area contributed by atoms with E-state index < -0.39 is 0 Å². The lowest BCUT2D eigenvalue weighted by Crippen LogP contribution is -2.45. The zero-order valence-electron chi connectivity index (χ0n) is 12.0. The summed E-state index contributed by atoms with van der Waals surface area (Å²) < 4.78 is 0. The van der Waals surface area contributed by atoms with E-state index in [1.54, 1.807) is 0 Å². The lowest BCUT2D eigenvalue weighted by atomic mass is 9.92. The molecule has 1 aromatic carbocycles. The van der Waals surface area contributed by atoms with E-state index in [-0.39, 0.29) is 5.54 Å². The number of hydrogen-bond acceptors (Lipinski definition) is 3. The first-order chi connectivity index (χ1) is 9.65. The van der Waals surface area contributed by atoms with Crippen LogP contribution in [0.4, 0.5) is 0 Å². The third kappa shape index (κ3) is 3.29. The highest BCUT2D eigenvalue weighted by Gasteiger charge is 2.34. The predicted octanol–water partition coefficient (Wildman–Crippen LogP) is 3.59. The van der Waals surface area contributed by atoms with Gasteiger partial charge in [0.05, 0.1) is 5.54 Å². The summed E-state index contributed by atoms with van der Waals surface area (Å²) in [6.07, 6.45) is 2.63. The maximum atomic E-state index is 6.60. The van der Waals surface area contributed by atoms with Gasteiger partial charge in [-0.2, -0.15) is 0 Å². The van der Waals surface area contributed by atoms with Crippen LogP contribution in [0.25, 0.3) is 0 Å². The standard InChI is InChI=1S/C17H22N2S/c1-17(18,14-6-3-2-4-7-14)13-19(15-9-10-15)12-16-8-5-11-20-16/h2-8,11,15H,9-10,12-13,18H2,1H3. The van der Waals surface area contributed by atoms with Gasteiger partial charge in [-0.05, 0) is 36.8 Å². The van der Waals surface area contributed by atoms with E-state index in [9.17, 15) is 0 Å². The Kier molecular flexibility index (Phi) is 3.92. The van der Waals surface area contributed by atoms with Crippen LogP contribution in [0.1, 0.15) is 30.2 Å². The molecule has 106 valence electrons. The number of rotatable bonds is 6. The summed E-state index contributed by atoms with van der Waals surface area (Å²) in [7, 11) is 0. The monoisotopic (exact) mass is 286 g/mol. The van der Waals surface area contributed by atoms with Gasteiger partial charge in [0, 0.05) is 24.0 Å². The Balaban J connectivity index is 1.72. The Bertz CT molecular complexity index is 529. The van der Waals surface area contributed by atoms with Crippen LogP contribution < -0.4 is 5.73 Å². The van der Waals surface area contributed by atoms with Crippen molar-refractivity contribution in [2.75, 3.05) is 6.54 Å². The van der Waals surface area contributed by atoms with E-state index in [2.05, 4.69) is 53.6 Å². The molecular weight excluding hydrogens is 264 g/mol. The number of thiophene rings is 1. The summed E-state index contributed by atoms with van der Waals surface area (Å²) in [5.74, 6) is 0. The summed E-state index contributed by atoms with van der Waals surface area (Å²) in [5.41, 5.74) is 7.52. The normalized spacial score (nSPS) is 18.1. The van der Waals surface area contributed by atoms with Crippen LogP contribution in [0.2, 0.25) is 0 Å². The highest BCUT2D eigenvalue weighted by molar-refractivity contribution is 7.09. The van der Waals surface area contributed by atoms with Crippen molar-refractivity contribution in [1.82, 2.24) is 4.90 Å². The van der Waals surface area contributed by atoms with Crippen LogP contribution in [-0.4, -0.2) is 17.5 Å². The second-order valence-electron chi connectivity index (χ2n) is 6.00. The molecule has 3 heteroatoms. The maximum Gasteiger partial charge on any atom is 0.0510 e. The molecule has 20 heavy (non-hydrogen) atoms.